The summed E-state index contributed by atoms with van der Waals surface area (Å²) in [5, 5.41) is 0. The number of ether oxygens (including phenoxy) is 2. The van der Waals surface area contributed by atoms with E-state index in [9.17, 15) is 9.59 Å². The van der Waals surface area contributed by atoms with E-state index in [1.165, 1.54) is 103 Å². The van der Waals surface area contributed by atoms with Crippen molar-refractivity contribution in [3.05, 3.63) is 18.7 Å². The first-order chi connectivity index (χ1) is 26.1. The molecule has 1 aromatic heterocycles. The number of imidazole rings is 1. The number of esters is 2. The van der Waals surface area contributed by atoms with Gasteiger partial charge in [-0.3, -0.25) is 9.59 Å². The lowest BCUT2D eigenvalue weighted by Crippen LogP contribution is -3.06. The molecule has 6 aliphatic rings. The molecule has 7 heteroatoms. The van der Waals surface area contributed by atoms with Crippen LogP contribution in [0.1, 0.15) is 168 Å². The molecular weight excluding hydrogens is 659 g/mol. The molecule has 1 heterocycles. The summed E-state index contributed by atoms with van der Waals surface area (Å²) in [7, 11) is 0. The molecule has 0 amide bonds. The normalized spacial score (nSPS) is 27.8. The number of unbranched alkanes of at least 4 members (excludes halogenated alkanes) is 14. The molecule has 0 aromatic carbocycles. The van der Waals surface area contributed by atoms with E-state index in [4.69, 9.17) is 9.47 Å². The summed E-state index contributed by atoms with van der Waals surface area (Å²) in [6, 6.07) is 0. The van der Waals surface area contributed by atoms with Gasteiger partial charge in [0.25, 0.3) is 0 Å². The van der Waals surface area contributed by atoms with Crippen molar-refractivity contribution < 1.29 is 19.1 Å². The van der Waals surface area contributed by atoms with Crippen LogP contribution in [0.15, 0.2) is 18.7 Å². The molecule has 1 aromatic rings. The molecule has 0 unspecified atom stereocenters. The topological polar surface area (TPSA) is 73.7 Å². The number of aryl methyl sites for hydroxylation is 1. The maximum absolute atomic E-state index is 12.5. The lowest BCUT2D eigenvalue weighted by atomic mass is 8.97. The molecule has 6 aliphatic carbocycles. The van der Waals surface area contributed by atoms with E-state index in [1.54, 1.807) is 0 Å². The van der Waals surface area contributed by atoms with Crippen LogP contribution in [0.4, 0.5) is 0 Å². The second-order valence-electron chi connectivity index (χ2n) is 18.3. The molecule has 53 heavy (non-hydrogen) atoms. The Bertz CT molecular complexity index is 1150. The average Bonchev–Trinajstić information content (AvgIpc) is 3.69. The monoisotopic (exact) mass is 736 g/mol. The largest absolute Gasteiger partial charge is 0.466 e. The highest BCUT2D eigenvalue weighted by Gasteiger charge is 3.04. The Morgan fingerprint density at radius 3 is 1.74 bits per heavy atom. The Morgan fingerprint density at radius 1 is 0.642 bits per heavy atom. The first-order valence-electron chi connectivity index (χ1n) is 23.1. The molecule has 0 saturated heterocycles. The zero-order chi connectivity index (χ0) is 36.9. The van der Waals surface area contributed by atoms with Crippen LogP contribution in [0.5, 0.6) is 0 Å². The summed E-state index contributed by atoms with van der Waals surface area (Å²) in [6.07, 6.45) is 33.9. The van der Waals surface area contributed by atoms with Crippen molar-refractivity contribution in [3.8, 4) is 0 Å². The van der Waals surface area contributed by atoms with Crippen molar-refractivity contribution in [2.45, 2.75) is 174 Å². The zero-order valence-electron chi connectivity index (χ0n) is 34.0. The van der Waals surface area contributed by atoms with E-state index in [0.717, 1.165) is 119 Å². The third kappa shape index (κ3) is 9.74. The third-order valence-electron chi connectivity index (χ3n) is 15.0. The van der Waals surface area contributed by atoms with Gasteiger partial charge in [-0.05, 0) is 106 Å². The van der Waals surface area contributed by atoms with Gasteiger partial charge in [-0.25, -0.2) is 4.98 Å². The van der Waals surface area contributed by atoms with Gasteiger partial charge in [0.2, 0.25) is 0 Å². The first kappa shape index (κ1) is 40.8. The number of hydrogen-bond donors (Lipinski definition) is 0. The van der Waals surface area contributed by atoms with Crippen molar-refractivity contribution in [1.29, 1.82) is 0 Å². The van der Waals surface area contributed by atoms with Crippen LogP contribution in [0.3, 0.4) is 0 Å². The zero-order valence-corrected chi connectivity index (χ0v) is 34.0. The minimum Gasteiger partial charge on any atom is -0.466 e. The standard InChI is InChI=1S/C46H77N3O4/c1-3-5-7-15-22-36(23-16-8-6-4-2)26-33-52-37(50)24-17-11-9-13-19-28-48(30-21-31-49-32-27-47-35-49)29-20-14-10-12-18-25-38(51)53-34-46-43-40-39-41(43)45(46)42(39)44(40)46/h27,32,35-36,39-45H,3-26,28-31,33-34H2,1-2H3. The Hall–Kier alpha value is -1.89. The molecular formula is C46H77N3O4. The maximum Gasteiger partial charge on any atom is 0.305 e. The van der Waals surface area contributed by atoms with E-state index in [0.29, 0.717) is 24.9 Å². The predicted octanol–water partition coefficient (Wildman–Crippen LogP) is 10.7. The Morgan fingerprint density at radius 2 is 1.17 bits per heavy atom. The predicted molar refractivity (Wildman–Crippen MR) is 213 cm³/mol. The quantitative estimate of drug-likeness (QED) is 0.0510. The van der Waals surface area contributed by atoms with Crippen molar-refractivity contribution in [3.63, 3.8) is 0 Å². The molecule has 6 fully saturated rings. The summed E-state index contributed by atoms with van der Waals surface area (Å²) >= 11 is 0. The van der Waals surface area contributed by atoms with Crippen molar-refractivity contribution in [2.75, 3.05) is 32.8 Å². The average molecular weight is 736 g/mol. The maximum atomic E-state index is 12.5. The van der Waals surface area contributed by atoms with E-state index in [2.05, 4.69) is 34.5 Å². The highest BCUT2D eigenvalue weighted by Crippen LogP contribution is 3.05. The minimum absolute atomic E-state index is 0.00746. The van der Waals surface area contributed by atoms with Gasteiger partial charge in [0, 0.05) is 37.2 Å². The summed E-state index contributed by atoms with van der Waals surface area (Å²) < 4.78 is 13.7. The SMILES string of the molecule is CCCCCCC(CCCCCC)CCOC(=O)CCCCCCCN(CCCCCCCC(=O)OCC12C3C4C5C3C1C5C42)CCCn1ccnc1. The van der Waals surface area contributed by atoms with Gasteiger partial charge >= 0.3 is 11.9 Å². The fourth-order valence-corrected chi connectivity index (χ4v) is 12.3. The number of nitrogens with zero attached hydrogens (tertiary/aromatic N) is 3. The van der Waals surface area contributed by atoms with Crippen molar-refractivity contribution >= 4 is 11.9 Å². The summed E-state index contributed by atoms with van der Waals surface area (Å²) in [5.74, 6) is 8.02. The lowest BCUT2D eigenvalue weighted by molar-refractivity contribution is -0.617. The summed E-state index contributed by atoms with van der Waals surface area (Å²) in [4.78, 5) is 31.8. The van der Waals surface area contributed by atoms with Crippen LogP contribution in [-0.2, 0) is 25.6 Å². The van der Waals surface area contributed by atoms with Gasteiger partial charge in [-0.1, -0.05) is 117 Å². The Labute approximate surface area is 323 Å². The smallest absolute Gasteiger partial charge is 0.305 e. The van der Waals surface area contributed by atoms with Crippen molar-refractivity contribution in [2.24, 2.45) is 52.8 Å². The second kappa shape index (κ2) is 20.9. The fourth-order valence-electron chi connectivity index (χ4n) is 12.3. The van der Waals surface area contributed by atoms with Gasteiger partial charge in [0.05, 0.1) is 19.5 Å². The van der Waals surface area contributed by atoms with Crippen LogP contribution in [0.2, 0.25) is 0 Å². The van der Waals surface area contributed by atoms with Gasteiger partial charge in [-0.15, -0.1) is 0 Å². The number of aromatic nitrogens is 2. The summed E-state index contributed by atoms with van der Waals surface area (Å²) in [5.41, 5.74) is 0.495. The van der Waals surface area contributed by atoms with Gasteiger partial charge in [0.15, 0.2) is 0 Å². The molecule has 0 N–H and O–H groups in total. The molecule has 6 saturated carbocycles. The molecule has 0 bridgehead atoms. The number of carbonyl (C=O) groups excluding carboxylic acids is 2. The highest BCUT2D eigenvalue weighted by atomic mass is 16.5. The van der Waals surface area contributed by atoms with Crippen molar-refractivity contribution in [1.82, 2.24) is 14.5 Å². The first-order valence-corrected chi connectivity index (χ1v) is 23.1. The number of rotatable bonds is 35. The lowest BCUT2D eigenvalue weighted by Gasteiger charge is -3.07. The van der Waals surface area contributed by atoms with Gasteiger partial charge in [-0.2, -0.15) is 0 Å². The summed E-state index contributed by atoms with van der Waals surface area (Å²) in [6.45, 7) is 10.4. The van der Waals surface area contributed by atoms with Gasteiger partial charge < -0.3 is 18.9 Å². The molecule has 7 rings (SSSR count). The molecule has 0 radical (unpaired) electrons. The Kier molecular flexibility index (Phi) is 16.0. The van der Waals surface area contributed by atoms with Crippen LogP contribution >= 0.6 is 0 Å². The Balaban J connectivity index is 0.753. The number of carbonyl (C=O) groups is 2. The molecule has 0 spiro atoms. The highest BCUT2D eigenvalue weighted by molar-refractivity contribution is 5.69. The number of hydrogen-bond acceptors (Lipinski definition) is 6. The molecule has 7 nitrogen and oxygen atoms in total. The molecule has 0 aliphatic heterocycles. The van der Waals surface area contributed by atoms with Crippen LogP contribution in [0.25, 0.3) is 0 Å². The molecule has 0 atom stereocenters. The van der Waals surface area contributed by atoms with Crippen LogP contribution < -0.4 is 0 Å². The van der Waals surface area contributed by atoms with E-state index in [1.807, 2.05) is 12.5 Å². The van der Waals surface area contributed by atoms with Crippen LogP contribution in [-0.4, -0.2) is 59.2 Å². The fraction of sp³-hybridized carbons (Fsp3) is 0.891. The van der Waals surface area contributed by atoms with E-state index >= 15 is 0 Å². The molecule has 300 valence electrons. The second-order valence-corrected chi connectivity index (χ2v) is 18.3. The minimum atomic E-state index is 0.00746. The van der Waals surface area contributed by atoms with E-state index < -0.39 is 0 Å². The van der Waals surface area contributed by atoms with E-state index in [-0.39, 0.29) is 11.9 Å². The van der Waals surface area contributed by atoms with Gasteiger partial charge in [0.1, 0.15) is 0 Å². The third-order valence-corrected chi connectivity index (χ3v) is 15.0. The van der Waals surface area contributed by atoms with Crippen LogP contribution in [0, 0.1) is 52.8 Å².